The fourth-order valence-electron chi connectivity index (χ4n) is 2.22. The zero-order chi connectivity index (χ0) is 12.7. The van der Waals surface area contributed by atoms with Gasteiger partial charge in [-0.25, -0.2) is 4.98 Å². The van der Waals surface area contributed by atoms with E-state index in [0.717, 1.165) is 25.9 Å². The van der Waals surface area contributed by atoms with E-state index in [4.69, 9.17) is 0 Å². The van der Waals surface area contributed by atoms with Crippen LogP contribution in [-0.4, -0.2) is 33.9 Å². The molecule has 1 fully saturated rings. The highest BCUT2D eigenvalue weighted by Crippen LogP contribution is 2.23. The molecule has 1 amide bonds. The molecule has 0 bridgehead atoms. The molecule has 0 aromatic carbocycles. The van der Waals surface area contributed by atoms with Crippen molar-refractivity contribution in [1.82, 2.24) is 14.9 Å². The van der Waals surface area contributed by atoms with Gasteiger partial charge in [-0.1, -0.05) is 0 Å². The van der Waals surface area contributed by atoms with E-state index >= 15 is 0 Å². The quantitative estimate of drug-likeness (QED) is 0.848. The predicted octanol–water partition coefficient (Wildman–Crippen LogP) is 1.53. The second kappa shape index (κ2) is 4.20. The van der Waals surface area contributed by atoms with Crippen LogP contribution in [0.1, 0.15) is 28.3 Å². The third kappa shape index (κ3) is 1.82. The maximum Gasteiger partial charge on any atom is 0.264 e. The second-order valence-electron chi connectivity index (χ2n) is 4.48. The van der Waals surface area contributed by atoms with Gasteiger partial charge in [-0.15, -0.1) is 11.3 Å². The van der Waals surface area contributed by atoms with Crippen LogP contribution in [0.25, 0.3) is 10.2 Å². The van der Waals surface area contributed by atoms with Gasteiger partial charge in [0, 0.05) is 13.1 Å². The number of aromatic amines is 1. The number of amides is 1. The minimum atomic E-state index is -0.172. The van der Waals surface area contributed by atoms with E-state index in [1.807, 2.05) is 4.90 Å². The number of H-pyrrole nitrogens is 1. The van der Waals surface area contributed by atoms with E-state index in [1.165, 1.54) is 11.3 Å². The van der Waals surface area contributed by atoms with E-state index in [0.29, 0.717) is 20.9 Å². The number of hydrogen-bond donors (Lipinski definition) is 1. The number of likely N-dealkylation sites (tertiary alicyclic amines) is 1. The number of fused-ring (bicyclic) bond motifs is 1. The molecule has 3 heterocycles. The fraction of sp³-hybridized carbons (Fsp3) is 0.417. The summed E-state index contributed by atoms with van der Waals surface area (Å²) in [4.78, 5) is 33.9. The van der Waals surface area contributed by atoms with E-state index in [9.17, 15) is 9.59 Å². The van der Waals surface area contributed by atoms with Crippen molar-refractivity contribution < 1.29 is 4.79 Å². The standard InChI is InChI=1S/C12H13N3O2S/c1-7-13-10(16)8-6-9(18-11(8)14-7)12(17)15-4-2-3-5-15/h6H,2-5H2,1H3,(H,13,14,16). The number of carbonyl (C=O) groups is 1. The smallest absolute Gasteiger partial charge is 0.264 e. The Hall–Kier alpha value is -1.69. The number of rotatable bonds is 1. The molecule has 3 rings (SSSR count). The summed E-state index contributed by atoms with van der Waals surface area (Å²) in [6.45, 7) is 3.37. The molecule has 2 aromatic rings. The number of carbonyl (C=O) groups excluding carboxylic acids is 1. The highest BCUT2D eigenvalue weighted by molar-refractivity contribution is 7.20. The maximum absolute atomic E-state index is 12.2. The molecule has 5 nitrogen and oxygen atoms in total. The molecule has 94 valence electrons. The summed E-state index contributed by atoms with van der Waals surface area (Å²) < 4.78 is 0. The van der Waals surface area contributed by atoms with Gasteiger partial charge in [0.1, 0.15) is 10.7 Å². The summed E-state index contributed by atoms with van der Waals surface area (Å²) in [5.41, 5.74) is -0.172. The Bertz CT molecular complexity index is 668. The zero-order valence-electron chi connectivity index (χ0n) is 10.0. The lowest BCUT2D eigenvalue weighted by Crippen LogP contribution is -2.26. The first-order valence-corrected chi connectivity index (χ1v) is 6.76. The molecule has 0 aliphatic carbocycles. The molecule has 0 radical (unpaired) electrons. The van der Waals surface area contributed by atoms with Crippen molar-refractivity contribution in [2.45, 2.75) is 19.8 Å². The van der Waals surface area contributed by atoms with Crippen molar-refractivity contribution in [2.75, 3.05) is 13.1 Å². The van der Waals surface area contributed by atoms with Crippen molar-refractivity contribution in [1.29, 1.82) is 0 Å². The first-order valence-electron chi connectivity index (χ1n) is 5.95. The van der Waals surface area contributed by atoms with Crippen molar-refractivity contribution in [3.8, 4) is 0 Å². The van der Waals surface area contributed by atoms with Crippen LogP contribution in [0.15, 0.2) is 10.9 Å². The molecule has 1 saturated heterocycles. The lowest BCUT2D eigenvalue weighted by molar-refractivity contribution is 0.0797. The SMILES string of the molecule is Cc1nc2sc(C(=O)N3CCCC3)cc2c(=O)[nH]1. The molecule has 0 spiro atoms. The van der Waals surface area contributed by atoms with Crippen molar-refractivity contribution in [3.63, 3.8) is 0 Å². The van der Waals surface area contributed by atoms with Crippen LogP contribution in [0.4, 0.5) is 0 Å². The number of nitrogens with zero attached hydrogens (tertiary/aromatic N) is 2. The van der Waals surface area contributed by atoms with Crippen LogP contribution >= 0.6 is 11.3 Å². The Kier molecular flexibility index (Phi) is 2.66. The molecule has 2 aromatic heterocycles. The topological polar surface area (TPSA) is 66.1 Å². The maximum atomic E-state index is 12.2. The Balaban J connectivity index is 2.05. The molecule has 0 atom stereocenters. The molecule has 1 aliphatic heterocycles. The minimum absolute atomic E-state index is 0.0209. The number of hydrogen-bond acceptors (Lipinski definition) is 4. The zero-order valence-corrected chi connectivity index (χ0v) is 10.8. The van der Waals surface area contributed by atoms with Crippen molar-refractivity contribution >= 4 is 27.5 Å². The van der Waals surface area contributed by atoms with E-state index in [2.05, 4.69) is 9.97 Å². The van der Waals surface area contributed by atoms with E-state index in [-0.39, 0.29) is 11.5 Å². The molecule has 1 N–H and O–H groups in total. The van der Waals surface area contributed by atoms with Gasteiger partial charge >= 0.3 is 0 Å². The Morgan fingerprint density at radius 3 is 2.89 bits per heavy atom. The summed E-state index contributed by atoms with van der Waals surface area (Å²) in [7, 11) is 0. The van der Waals surface area contributed by atoms with Crippen LogP contribution in [0.2, 0.25) is 0 Å². The third-order valence-electron chi connectivity index (χ3n) is 3.12. The molecule has 6 heteroatoms. The first kappa shape index (κ1) is 11.4. The number of nitrogens with one attached hydrogen (secondary N) is 1. The van der Waals surface area contributed by atoms with Crippen LogP contribution in [-0.2, 0) is 0 Å². The van der Waals surface area contributed by atoms with Gasteiger partial charge in [0.15, 0.2) is 0 Å². The number of aromatic nitrogens is 2. The fourth-order valence-corrected chi connectivity index (χ4v) is 3.27. The van der Waals surface area contributed by atoms with Gasteiger partial charge < -0.3 is 9.88 Å². The summed E-state index contributed by atoms with van der Waals surface area (Å²) in [5, 5.41) is 0.508. The lowest BCUT2D eigenvalue weighted by atomic mass is 10.3. The molecular weight excluding hydrogens is 250 g/mol. The predicted molar refractivity (Wildman–Crippen MR) is 70.1 cm³/mol. The summed E-state index contributed by atoms with van der Waals surface area (Å²) in [6, 6.07) is 1.66. The van der Waals surface area contributed by atoms with Gasteiger partial charge in [0.2, 0.25) is 0 Å². The number of aryl methyl sites for hydroxylation is 1. The summed E-state index contributed by atoms with van der Waals surface area (Å²) in [5.74, 6) is 0.599. The lowest BCUT2D eigenvalue weighted by Gasteiger charge is -2.12. The number of thiophene rings is 1. The largest absolute Gasteiger partial charge is 0.338 e. The molecule has 0 unspecified atom stereocenters. The highest BCUT2D eigenvalue weighted by atomic mass is 32.1. The van der Waals surface area contributed by atoms with Gasteiger partial charge in [-0.2, -0.15) is 0 Å². The van der Waals surface area contributed by atoms with E-state index < -0.39 is 0 Å². The average molecular weight is 263 g/mol. The van der Waals surface area contributed by atoms with Gasteiger partial charge in [0.05, 0.1) is 10.3 Å². The average Bonchev–Trinajstić information content (AvgIpc) is 2.96. The highest BCUT2D eigenvalue weighted by Gasteiger charge is 2.22. The minimum Gasteiger partial charge on any atom is -0.338 e. The Morgan fingerprint density at radius 1 is 1.44 bits per heavy atom. The molecule has 1 aliphatic rings. The van der Waals surface area contributed by atoms with Crippen LogP contribution in [0, 0.1) is 6.92 Å². The summed E-state index contributed by atoms with van der Waals surface area (Å²) >= 11 is 1.30. The van der Waals surface area contributed by atoms with Gasteiger partial charge in [-0.3, -0.25) is 9.59 Å². The Morgan fingerprint density at radius 2 is 2.17 bits per heavy atom. The summed E-state index contributed by atoms with van der Waals surface area (Å²) in [6.07, 6.45) is 2.13. The normalized spacial score (nSPS) is 15.5. The second-order valence-corrected chi connectivity index (χ2v) is 5.51. The van der Waals surface area contributed by atoms with E-state index in [1.54, 1.807) is 13.0 Å². The van der Waals surface area contributed by atoms with Crippen LogP contribution < -0.4 is 5.56 Å². The third-order valence-corrected chi connectivity index (χ3v) is 4.14. The first-order chi connectivity index (χ1) is 8.65. The molecule has 0 saturated carbocycles. The van der Waals surface area contributed by atoms with Crippen molar-refractivity contribution in [2.24, 2.45) is 0 Å². The Labute approximate surface area is 107 Å². The molecule has 18 heavy (non-hydrogen) atoms. The van der Waals surface area contributed by atoms with Gasteiger partial charge in [0.25, 0.3) is 11.5 Å². The van der Waals surface area contributed by atoms with Crippen LogP contribution in [0.5, 0.6) is 0 Å². The molecular formula is C12H13N3O2S. The van der Waals surface area contributed by atoms with Crippen LogP contribution in [0.3, 0.4) is 0 Å². The van der Waals surface area contributed by atoms with Gasteiger partial charge in [-0.05, 0) is 25.8 Å². The monoisotopic (exact) mass is 263 g/mol. The van der Waals surface area contributed by atoms with Crippen molar-refractivity contribution in [3.05, 3.63) is 27.1 Å².